The monoisotopic (exact) mass is 503 g/mol. The Morgan fingerprint density at radius 1 is 1.34 bits per heavy atom. The highest BCUT2D eigenvalue weighted by molar-refractivity contribution is 7.18. The summed E-state index contributed by atoms with van der Waals surface area (Å²) in [5.41, 5.74) is -2.45. The van der Waals surface area contributed by atoms with Crippen molar-refractivity contribution in [3.8, 4) is 11.8 Å². The molecular weight excluding hydrogens is 477 g/mol. The van der Waals surface area contributed by atoms with Gasteiger partial charge in [-0.3, -0.25) is 9.36 Å². The lowest BCUT2D eigenvalue weighted by molar-refractivity contribution is -0.146. The SMILES string of the molecule is CCc1sc2c(c1C)c(=O)n(C(C)(C)C(=O)O)c(=O)n2C[C@H](OCC#N)c1cc(F)ccc1OC. The van der Waals surface area contributed by atoms with Crippen molar-refractivity contribution in [1.29, 1.82) is 5.26 Å². The van der Waals surface area contributed by atoms with E-state index in [0.29, 0.717) is 16.8 Å². The van der Waals surface area contributed by atoms with Crippen molar-refractivity contribution in [2.75, 3.05) is 13.7 Å². The molecule has 0 aliphatic heterocycles. The molecule has 0 radical (unpaired) electrons. The summed E-state index contributed by atoms with van der Waals surface area (Å²) in [6, 6.07) is 5.67. The van der Waals surface area contributed by atoms with E-state index in [1.807, 2.05) is 13.0 Å². The molecule has 35 heavy (non-hydrogen) atoms. The third-order valence-electron chi connectivity index (χ3n) is 5.95. The first kappa shape index (κ1) is 26.1. The molecule has 0 bridgehead atoms. The zero-order valence-electron chi connectivity index (χ0n) is 20.0. The van der Waals surface area contributed by atoms with Gasteiger partial charge in [-0.05, 0) is 51.0 Å². The second-order valence-corrected chi connectivity index (χ2v) is 9.51. The van der Waals surface area contributed by atoms with Gasteiger partial charge in [0.05, 0.1) is 25.1 Å². The van der Waals surface area contributed by atoms with E-state index in [1.54, 1.807) is 6.92 Å². The molecule has 0 aliphatic rings. The van der Waals surface area contributed by atoms with Crippen LogP contribution in [0.2, 0.25) is 0 Å². The van der Waals surface area contributed by atoms with Crippen LogP contribution in [0.5, 0.6) is 5.75 Å². The number of nitriles is 1. The maximum Gasteiger partial charge on any atom is 0.333 e. The molecule has 3 rings (SSSR count). The van der Waals surface area contributed by atoms with Gasteiger partial charge in [0.1, 0.15) is 34.6 Å². The summed E-state index contributed by atoms with van der Waals surface area (Å²) < 4.78 is 27.2. The van der Waals surface area contributed by atoms with Gasteiger partial charge in [-0.2, -0.15) is 5.26 Å². The molecule has 1 atom stereocenters. The highest BCUT2D eigenvalue weighted by Gasteiger charge is 2.35. The summed E-state index contributed by atoms with van der Waals surface area (Å²) in [5, 5.41) is 19.1. The zero-order chi connectivity index (χ0) is 26.1. The van der Waals surface area contributed by atoms with Gasteiger partial charge < -0.3 is 14.6 Å². The molecule has 0 fully saturated rings. The summed E-state index contributed by atoms with van der Waals surface area (Å²) in [6.07, 6.45) is -0.402. The molecular formula is C24H26FN3O6S. The number of carbonyl (C=O) groups is 1. The molecule has 186 valence electrons. The first-order valence-corrected chi connectivity index (χ1v) is 11.6. The number of carboxylic acid groups (broad SMARTS) is 1. The highest BCUT2D eigenvalue weighted by Crippen LogP contribution is 2.33. The smallest absolute Gasteiger partial charge is 0.333 e. The lowest BCUT2D eigenvalue weighted by atomic mass is 10.0. The summed E-state index contributed by atoms with van der Waals surface area (Å²) in [6.45, 7) is 5.65. The summed E-state index contributed by atoms with van der Waals surface area (Å²) in [7, 11) is 1.40. The molecule has 0 spiro atoms. The van der Waals surface area contributed by atoms with Crippen LogP contribution >= 0.6 is 11.3 Å². The number of hydrogen-bond acceptors (Lipinski definition) is 7. The predicted octanol–water partition coefficient (Wildman–Crippen LogP) is 3.34. The van der Waals surface area contributed by atoms with Gasteiger partial charge in [0.2, 0.25) is 0 Å². The minimum atomic E-state index is -1.84. The van der Waals surface area contributed by atoms with Gasteiger partial charge in [0.15, 0.2) is 0 Å². The van der Waals surface area contributed by atoms with Crippen LogP contribution in [0.15, 0.2) is 27.8 Å². The van der Waals surface area contributed by atoms with Crippen molar-refractivity contribution in [2.24, 2.45) is 0 Å². The van der Waals surface area contributed by atoms with Crippen molar-refractivity contribution < 1.29 is 23.8 Å². The number of rotatable bonds is 9. The number of ether oxygens (including phenoxy) is 2. The molecule has 0 unspecified atom stereocenters. The average molecular weight is 504 g/mol. The third kappa shape index (κ3) is 4.59. The molecule has 0 amide bonds. The summed E-state index contributed by atoms with van der Waals surface area (Å²) >= 11 is 1.26. The fraction of sp³-hybridized carbons (Fsp3) is 0.417. The van der Waals surface area contributed by atoms with Gasteiger partial charge in [-0.15, -0.1) is 11.3 Å². The minimum absolute atomic E-state index is 0.212. The van der Waals surface area contributed by atoms with Gasteiger partial charge in [0, 0.05) is 10.4 Å². The van der Waals surface area contributed by atoms with E-state index in [0.717, 1.165) is 9.44 Å². The van der Waals surface area contributed by atoms with Crippen LogP contribution in [0, 0.1) is 24.1 Å². The van der Waals surface area contributed by atoms with Gasteiger partial charge in [0.25, 0.3) is 5.56 Å². The van der Waals surface area contributed by atoms with Crippen molar-refractivity contribution in [1.82, 2.24) is 9.13 Å². The van der Waals surface area contributed by atoms with Gasteiger partial charge in [-0.25, -0.2) is 18.5 Å². The largest absolute Gasteiger partial charge is 0.496 e. The van der Waals surface area contributed by atoms with Gasteiger partial charge >= 0.3 is 11.7 Å². The maximum absolute atomic E-state index is 14.1. The Hall–Kier alpha value is -3.49. The Labute approximate surface area is 204 Å². The Balaban J connectivity index is 2.38. The Morgan fingerprint density at radius 3 is 2.60 bits per heavy atom. The number of halogens is 1. The summed E-state index contributed by atoms with van der Waals surface area (Å²) in [5.74, 6) is -1.63. The fourth-order valence-electron chi connectivity index (χ4n) is 3.98. The van der Waals surface area contributed by atoms with Crippen LogP contribution in [0.25, 0.3) is 10.2 Å². The normalized spacial score (nSPS) is 12.5. The van der Waals surface area contributed by atoms with Crippen LogP contribution in [0.4, 0.5) is 4.39 Å². The van der Waals surface area contributed by atoms with E-state index >= 15 is 0 Å². The van der Waals surface area contributed by atoms with Crippen LogP contribution in [0.1, 0.15) is 42.9 Å². The maximum atomic E-state index is 14.1. The molecule has 11 heteroatoms. The lowest BCUT2D eigenvalue weighted by Gasteiger charge is -2.25. The van der Waals surface area contributed by atoms with E-state index in [2.05, 4.69) is 0 Å². The predicted molar refractivity (Wildman–Crippen MR) is 129 cm³/mol. The van der Waals surface area contributed by atoms with Gasteiger partial charge in [-0.1, -0.05) is 6.92 Å². The molecule has 9 nitrogen and oxygen atoms in total. The Morgan fingerprint density at radius 2 is 2.03 bits per heavy atom. The number of aromatic nitrogens is 2. The minimum Gasteiger partial charge on any atom is -0.496 e. The van der Waals surface area contributed by atoms with Crippen LogP contribution < -0.4 is 16.0 Å². The fourth-order valence-corrected chi connectivity index (χ4v) is 5.22. The third-order valence-corrected chi connectivity index (χ3v) is 7.41. The zero-order valence-corrected chi connectivity index (χ0v) is 20.9. The standard InChI is InChI=1S/C24H26FN3O6S/c1-6-18-13(2)19-20(29)28(24(3,4)22(30)31)23(32)27(21(19)35-18)12-17(34-10-9-26)15-11-14(25)7-8-16(15)33-5/h7-8,11,17H,6,10,12H2,1-5H3,(H,30,31)/t17-/m0/s1. The van der Waals surface area contributed by atoms with Crippen molar-refractivity contribution in [3.63, 3.8) is 0 Å². The lowest BCUT2D eigenvalue weighted by Crippen LogP contribution is -2.52. The second-order valence-electron chi connectivity index (χ2n) is 8.43. The van der Waals surface area contributed by atoms with Crippen LogP contribution in [0.3, 0.4) is 0 Å². The topological polar surface area (TPSA) is 124 Å². The average Bonchev–Trinajstić information content (AvgIpc) is 3.14. The molecule has 1 N–H and O–H groups in total. The number of aryl methyl sites for hydroxylation is 2. The van der Waals surface area contributed by atoms with E-state index in [9.17, 15) is 23.9 Å². The molecule has 2 aromatic heterocycles. The van der Waals surface area contributed by atoms with E-state index in [4.69, 9.17) is 14.7 Å². The molecule has 0 saturated carbocycles. The van der Waals surface area contributed by atoms with Crippen molar-refractivity contribution >= 4 is 27.5 Å². The van der Waals surface area contributed by atoms with Crippen LogP contribution in [-0.4, -0.2) is 33.9 Å². The molecule has 1 aromatic carbocycles. The van der Waals surface area contributed by atoms with E-state index in [1.165, 1.54) is 55.1 Å². The number of thiophene rings is 1. The Bertz CT molecular complexity index is 1450. The Kier molecular flexibility index (Phi) is 7.47. The number of aliphatic carboxylic acids is 1. The molecule has 2 heterocycles. The number of benzene rings is 1. The van der Waals surface area contributed by atoms with Crippen LogP contribution in [-0.2, 0) is 28.0 Å². The highest BCUT2D eigenvalue weighted by atomic mass is 32.1. The number of hydrogen-bond donors (Lipinski definition) is 1. The van der Waals surface area contributed by atoms with Crippen molar-refractivity contribution in [3.05, 3.63) is 60.9 Å². The number of carboxylic acids is 1. The number of fused-ring (bicyclic) bond motifs is 1. The molecule has 3 aromatic rings. The number of methoxy groups -OCH3 is 1. The van der Waals surface area contributed by atoms with Crippen molar-refractivity contribution in [2.45, 2.75) is 52.3 Å². The molecule has 0 aliphatic carbocycles. The summed E-state index contributed by atoms with van der Waals surface area (Å²) in [4.78, 5) is 40.3. The van der Waals surface area contributed by atoms with E-state index in [-0.39, 0.29) is 29.9 Å². The molecule has 0 saturated heterocycles. The second kappa shape index (κ2) is 10.0. The van der Waals surface area contributed by atoms with E-state index < -0.39 is 34.7 Å². The first-order valence-electron chi connectivity index (χ1n) is 10.8. The quantitative estimate of drug-likeness (QED) is 0.475. The first-order chi connectivity index (χ1) is 16.5. The number of nitrogens with zero attached hydrogens (tertiary/aromatic N) is 3.